The molecule has 0 bridgehead atoms. The molecule has 0 N–H and O–H groups in total. The van der Waals surface area contributed by atoms with Crippen molar-refractivity contribution in [3.8, 4) is 73.0 Å². The second kappa shape index (κ2) is 20.4. The van der Waals surface area contributed by atoms with Crippen LogP contribution in [0.15, 0.2) is 243 Å². The first-order chi connectivity index (χ1) is 37.2. The first kappa shape index (κ1) is 49.1. The molecule has 1 aliphatic heterocycles. The fourth-order valence-electron chi connectivity index (χ4n) is 10.7. The number of ether oxygens (including phenoxy) is 1. The monoisotopic (exact) mass is 1180 g/mol. The number of nitrogens with zero attached hydrogens (tertiary/aromatic N) is 4. The van der Waals surface area contributed by atoms with Crippen molar-refractivity contribution >= 4 is 44.6 Å². The number of rotatable bonds is 10. The quantitative estimate of drug-likeness (QED) is 0.128. The first-order valence-corrected chi connectivity index (χ1v) is 25.6. The van der Waals surface area contributed by atoms with E-state index in [0.717, 1.165) is 106 Å². The maximum atomic E-state index is 14.6. The Balaban J connectivity index is 0.00000596. The Labute approximate surface area is 463 Å². The van der Waals surface area contributed by atoms with Gasteiger partial charge in [0.2, 0.25) is 0 Å². The molecule has 0 atom stereocenters. The van der Waals surface area contributed by atoms with Crippen molar-refractivity contribution in [3.05, 3.63) is 273 Å². The van der Waals surface area contributed by atoms with Crippen molar-refractivity contribution in [2.45, 2.75) is 26.2 Å². The van der Waals surface area contributed by atoms with E-state index in [9.17, 15) is 4.39 Å². The summed E-state index contributed by atoms with van der Waals surface area (Å²) in [5.74, 6) is 1.59. The third-order valence-corrected chi connectivity index (χ3v) is 14.4. The zero-order valence-corrected chi connectivity index (χ0v) is 44.8. The minimum Gasteiger partial charge on any atom is -0.509 e. The van der Waals surface area contributed by atoms with E-state index in [-0.39, 0.29) is 32.3 Å². The molecule has 3 heterocycles. The normalized spacial score (nSPS) is 12.2. The molecule has 2 aromatic heterocycles. The SMILES string of the molecule is CC(C)(C)c1ccnc(-n2c3[c-]c(Oc4[c-]c(N5[CH-]N(c6c(-c7ccccc7)cccc6-c6ccc(F)cc6)c6ccccc65)cc(-c5c(-c6ccccc6)cccc5-c5ccccc5)c4)ccc3c3ccccc32)c1.[Pt]. The molecule has 0 fully saturated rings. The fraction of sp³-hybridized carbons (Fsp3) is 0.0571. The fourth-order valence-corrected chi connectivity index (χ4v) is 10.7. The van der Waals surface area contributed by atoms with Crippen LogP contribution < -0.4 is 14.5 Å². The molecular weight excluding hydrogens is 1130 g/mol. The largest absolute Gasteiger partial charge is 0.509 e. The van der Waals surface area contributed by atoms with Gasteiger partial charge in [-0.2, -0.15) is 6.07 Å². The van der Waals surface area contributed by atoms with E-state index in [2.05, 4.69) is 254 Å². The van der Waals surface area contributed by atoms with Gasteiger partial charge in [-0.15, -0.1) is 53.6 Å². The molecule has 5 nitrogen and oxygen atoms in total. The van der Waals surface area contributed by atoms with Crippen LogP contribution in [-0.4, -0.2) is 9.55 Å². The minimum atomic E-state index is -0.283. The van der Waals surface area contributed by atoms with Crippen molar-refractivity contribution in [3.63, 3.8) is 0 Å². The van der Waals surface area contributed by atoms with Gasteiger partial charge in [0.05, 0.1) is 0 Å². The predicted molar refractivity (Wildman–Crippen MR) is 310 cm³/mol. The number of hydrogen-bond donors (Lipinski definition) is 0. The zero-order valence-electron chi connectivity index (χ0n) is 42.6. The Kier molecular flexibility index (Phi) is 13.0. The standard InChI is InChI=1S/C70H50FN4O.Pt/c1-70(2,3)52-39-40-72-67(43-52)75-63-30-14-13-25-61(63)62-38-37-55(45-66(62)75)76-56-42-51(68-57(47-19-7-4-8-20-47)26-17-27-58(68)48-21-9-5-10-22-48)41-54(44-56)73-46-74(65-32-16-15-31-64(65)73)69-59(49-23-11-6-12-24-49)28-18-29-60(69)50-33-35-53(71)36-34-50;/h4-43,46H,1-3H3;/q-3;. The molecule has 0 aliphatic carbocycles. The molecule has 0 saturated carbocycles. The number of fused-ring (bicyclic) bond motifs is 4. The summed E-state index contributed by atoms with van der Waals surface area (Å²) in [5.41, 5.74) is 17.0. The number of aromatic nitrogens is 2. The summed E-state index contributed by atoms with van der Waals surface area (Å²) in [6.07, 6.45) is 1.90. The van der Waals surface area contributed by atoms with Crippen molar-refractivity contribution < 1.29 is 30.2 Å². The molecule has 0 saturated heterocycles. The van der Waals surface area contributed by atoms with Crippen LogP contribution in [0.1, 0.15) is 26.3 Å². The summed E-state index contributed by atoms with van der Waals surface area (Å²) >= 11 is 0. The van der Waals surface area contributed by atoms with Crippen LogP contribution in [0.3, 0.4) is 0 Å². The maximum absolute atomic E-state index is 14.6. The molecule has 0 spiro atoms. The number of benzene rings is 10. The predicted octanol–water partition coefficient (Wildman–Crippen LogP) is 18.7. The molecule has 77 heavy (non-hydrogen) atoms. The maximum Gasteiger partial charge on any atom is 0.135 e. The van der Waals surface area contributed by atoms with Gasteiger partial charge in [-0.1, -0.05) is 196 Å². The van der Waals surface area contributed by atoms with Crippen molar-refractivity contribution in [2.75, 3.05) is 9.80 Å². The van der Waals surface area contributed by atoms with Crippen LogP contribution >= 0.6 is 0 Å². The Morgan fingerprint density at radius 2 is 1.04 bits per heavy atom. The summed E-state index contributed by atoms with van der Waals surface area (Å²) in [4.78, 5) is 9.40. The van der Waals surface area contributed by atoms with Gasteiger partial charge in [-0.3, -0.25) is 0 Å². The molecule has 13 rings (SSSR count). The zero-order chi connectivity index (χ0) is 51.3. The van der Waals surface area contributed by atoms with Gasteiger partial charge >= 0.3 is 0 Å². The Morgan fingerprint density at radius 3 is 1.68 bits per heavy atom. The second-order valence-electron chi connectivity index (χ2n) is 20.2. The number of anilines is 4. The third kappa shape index (κ3) is 9.19. The van der Waals surface area contributed by atoms with Crippen LogP contribution in [0, 0.1) is 24.6 Å². The Bertz CT molecular complexity index is 4060. The van der Waals surface area contributed by atoms with E-state index in [1.807, 2.05) is 30.5 Å². The summed E-state index contributed by atoms with van der Waals surface area (Å²) in [6, 6.07) is 88.3. The van der Waals surface area contributed by atoms with E-state index in [1.54, 1.807) is 0 Å². The van der Waals surface area contributed by atoms with E-state index < -0.39 is 0 Å². The number of hydrogen-bond acceptors (Lipinski definition) is 4. The summed E-state index contributed by atoms with van der Waals surface area (Å²) in [7, 11) is 0. The third-order valence-electron chi connectivity index (χ3n) is 14.4. The molecule has 7 heteroatoms. The molecule has 0 amide bonds. The Morgan fingerprint density at radius 1 is 0.481 bits per heavy atom. The topological polar surface area (TPSA) is 33.5 Å². The van der Waals surface area contributed by atoms with E-state index in [1.165, 1.54) is 17.7 Å². The summed E-state index contributed by atoms with van der Waals surface area (Å²) < 4.78 is 23.9. The van der Waals surface area contributed by atoms with Crippen LogP contribution in [0.2, 0.25) is 0 Å². The smallest absolute Gasteiger partial charge is 0.135 e. The van der Waals surface area contributed by atoms with Gasteiger partial charge in [0, 0.05) is 72.5 Å². The summed E-state index contributed by atoms with van der Waals surface area (Å²) in [6.45, 7) is 8.82. The van der Waals surface area contributed by atoms with Gasteiger partial charge in [-0.05, 0) is 97.8 Å². The molecular formula is C70H50FN4OPt-3. The molecule has 0 radical (unpaired) electrons. The van der Waals surface area contributed by atoms with Gasteiger partial charge in [0.1, 0.15) is 11.6 Å². The van der Waals surface area contributed by atoms with Crippen LogP contribution in [0.5, 0.6) is 11.5 Å². The van der Waals surface area contributed by atoms with E-state index in [0.29, 0.717) is 11.5 Å². The van der Waals surface area contributed by atoms with E-state index in [4.69, 9.17) is 9.72 Å². The summed E-state index contributed by atoms with van der Waals surface area (Å²) in [5, 5.41) is 2.15. The molecule has 0 unspecified atom stereocenters. The second-order valence-corrected chi connectivity index (χ2v) is 20.2. The molecule has 12 aromatic rings. The van der Waals surface area contributed by atoms with Gasteiger partial charge < -0.3 is 19.1 Å². The van der Waals surface area contributed by atoms with Gasteiger partial charge in [0.15, 0.2) is 0 Å². The van der Waals surface area contributed by atoms with E-state index >= 15 is 0 Å². The number of pyridine rings is 1. The van der Waals surface area contributed by atoms with Crippen molar-refractivity contribution in [1.29, 1.82) is 0 Å². The Hall–Kier alpha value is -8.83. The minimum absolute atomic E-state index is 0. The van der Waals surface area contributed by atoms with Crippen LogP contribution in [-0.2, 0) is 26.5 Å². The molecule has 1 aliphatic rings. The molecule has 376 valence electrons. The van der Waals surface area contributed by atoms with Crippen LogP contribution in [0.25, 0.3) is 83.3 Å². The van der Waals surface area contributed by atoms with Gasteiger partial charge in [0.25, 0.3) is 0 Å². The average Bonchev–Trinajstić information content (AvgIpc) is 4.05. The van der Waals surface area contributed by atoms with Crippen molar-refractivity contribution in [2.24, 2.45) is 0 Å². The average molecular weight is 1180 g/mol. The van der Waals surface area contributed by atoms with Gasteiger partial charge in [-0.25, -0.2) is 9.37 Å². The van der Waals surface area contributed by atoms with Crippen LogP contribution in [0.4, 0.5) is 27.1 Å². The van der Waals surface area contributed by atoms with Crippen molar-refractivity contribution in [1.82, 2.24) is 9.55 Å². The number of halogens is 1. The first-order valence-electron chi connectivity index (χ1n) is 25.6. The molecule has 10 aromatic carbocycles. The number of para-hydroxylation sites is 4.